The molecule has 0 amide bonds. The molecule has 0 aromatic heterocycles. The fourth-order valence-electron chi connectivity index (χ4n) is 0.612. The summed E-state index contributed by atoms with van der Waals surface area (Å²) in [5.74, 6) is 0. The molecule has 0 heterocycles. The Labute approximate surface area is 63.4 Å². The van der Waals surface area contributed by atoms with E-state index in [0.29, 0.717) is 0 Å². The second-order valence-corrected chi connectivity index (χ2v) is 2.42. The quantitative estimate of drug-likeness (QED) is 0.533. The van der Waals surface area contributed by atoms with E-state index in [1.807, 2.05) is 13.0 Å². The Balaban J connectivity index is 3.10. The van der Waals surface area contributed by atoms with Crippen LogP contribution in [0, 0.1) is 0 Å². The van der Waals surface area contributed by atoms with Crippen LogP contribution in [0.1, 0.15) is 19.8 Å². The maximum atomic E-state index is 4.84. The third-order valence-electron chi connectivity index (χ3n) is 1.17. The van der Waals surface area contributed by atoms with Gasteiger partial charge in [0.15, 0.2) is 0 Å². The summed E-state index contributed by atoms with van der Waals surface area (Å²) in [6, 6.07) is 0. The van der Waals surface area contributed by atoms with Gasteiger partial charge < -0.3 is 4.74 Å². The van der Waals surface area contributed by atoms with E-state index in [0.717, 1.165) is 19.4 Å². The third kappa shape index (κ3) is 7.44. The largest absolute Gasteiger partial charge is 0.381 e. The average Bonchev–Trinajstić information content (AvgIpc) is 1.87. The van der Waals surface area contributed by atoms with Crippen LogP contribution in [-0.4, -0.2) is 13.7 Å². The zero-order valence-corrected chi connectivity index (χ0v) is 6.89. The smallest absolute Gasteiger partial charge is 0.0643 e. The summed E-state index contributed by atoms with van der Waals surface area (Å²) in [7, 11) is 1.70. The van der Waals surface area contributed by atoms with E-state index >= 15 is 0 Å². The highest BCUT2D eigenvalue weighted by Crippen LogP contribution is 2.00. The lowest BCUT2D eigenvalue weighted by Crippen LogP contribution is -1.80. The lowest BCUT2D eigenvalue weighted by molar-refractivity contribution is 0.233. The van der Waals surface area contributed by atoms with Crippen LogP contribution in [0.3, 0.4) is 0 Å². The van der Waals surface area contributed by atoms with Crippen molar-refractivity contribution in [3.05, 3.63) is 24.3 Å². The number of rotatable bonds is 5. The molecule has 0 fully saturated rings. The standard InChI is InChI=1S/C9H16O/c1-9(2)7-5-4-6-8-10-3/h4,6H,1,5,7-8H2,2-3H3/b6-4+. The predicted octanol–water partition coefficient (Wildman–Crippen LogP) is 2.55. The Morgan fingerprint density at radius 3 is 2.70 bits per heavy atom. The molecule has 0 aliphatic heterocycles. The molecule has 0 aliphatic rings. The first kappa shape index (κ1) is 9.44. The summed E-state index contributed by atoms with van der Waals surface area (Å²) in [6.45, 7) is 6.57. The summed E-state index contributed by atoms with van der Waals surface area (Å²) >= 11 is 0. The second-order valence-electron chi connectivity index (χ2n) is 2.42. The fourth-order valence-corrected chi connectivity index (χ4v) is 0.612. The van der Waals surface area contributed by atoms with Crippen LogP contribution >= 0.6 is 0 Å². The van der Waals surface area contributed by atoms with E-state index in [4.69, 9.17) is 4.74 Å². The van der Waals surface area contributed by atoms with Gasteiger partial charge in [0.25, 0.3) is 0 Å². The minimum atomic E-state index is 0.718. The van der Waals surface area contributed by atoms with Crippen molar-refractivity contribution >= 4 is 0 Å². The van der Waals surface area contributed by atoms with Gasteiger partial charge in [0, 0.05) is 7.11 Å². The molecule has 1 heteroatoms. The minimum absolute atomic E-state index is 0.718. The molecule has 1 nitrogen and oxygen atoms in total. The lowest BCUT2D eigenvalue weighted by atomic mass is 10.2. The number of methoxy groups -OCH3 is 1. The van der Waals surface area contributed by atoms with Gasteiger partial charge in [-0.2, -0.15) is 0 Å². The highest BCUT2D eigenvalue weighted by Gasteiger charge is 1.81. The van der Waals surface area contributed by atoms with Gasteiger partial charge >= 0.3 is 0 Å². The molecular formula is C9H16O. The van der Waals surface area contributed by atoms with Crippen molar-refractivity contribution in [2.75, 3.05) is 13.7 Å². The van der Waals surface area contributed by atoms with Crippen molar-refractivity contribution in [1.29, 1.82) is 0 Å². The average molecular weight is 140 g/mol. The van der Waals surface area contributed by atoms with Gasteiger partial charge in [-0.1, -0.05) is 17.7 Å². The summed E-state index contributed by atoms with van der Waals surface area (Å²) in [6.07, 6.45) is 6.32. The summed E-state index contributed by atoms with van der Waals surface area (Å²) in [5, 5.41) is 0. The van der Waals surface area contributed by atoms with Gasteiger partial charge in [0.1, 0.15) is 0 Å². The lowest BCUT2D eigenvalue weighted by Gasteiger charge is -1.92. The van der Waals surface area contributed by atoms with Crippen molar-refractivity contribution in [1.82, 2.24) is 0 Å². The molecular weight excluding hydrogens is 124 g/mol. The van der Waals surface area contributed by atoms with Crippen LogP contribution in [0.5, 0.6) is 0 Å². The van der Waals surface area contributed by atoms with Crippen molar-refractivity contribution in [2.24, 2.45) is 0 Å². The number of hydrogen-bond acceptors (Lipinski definition) is 1. The Morgan fingerprint density at radius 1 is 1.50 bits per heavy atom. The zero-order valence-electron chi connectivity index (χ0n) is 6.89. The molecule has 0 aromatic rings. The van der Waals surface area contributed by atoms with Crippen molar-refractivity contribution in [3.8, 4) is 0 Å². The van der Waals surface area contributed by atoms with Gasteiger partial charge in [0.2, 0.25) is 0 Å². The van der Waals surface area contributed by atoms with Gasteiger partial charge in [0.05, 0.1) is 6.61 Å². The highest BCUT2D eigenvalue weighted by molar-refractivity contribution is 4.92. The molecule has 10 heavy (non-hydrogen) atoms. The van der Waals surface area contributed by atoms with Crippen LogP contribution < -0.4 is 0 Å². The third-order valence-corrected chi connectivity index (χ3v) is 1.17. The van der Waals surface area contributed by atoms with E-state index in [-0.39, 0.29) is 0 Å². The first-order valence-electron chi connectivity index (χ1n) is 3.55. The monoisotopic (exact) mass is 140 g/mol. The molecule has 0 saturated heterocycles. The molecule has 0 radical (unpaired) electrons. The Hall–Kier alpha value is -0.560. The maximum Gasteiger partial charge on any atom is 0.0643 e. The Kier molecular flexibility index (Phi) is 6.19. The van der Waals surface area contributed by atoms with Gasteiger partial charge in [-0.05, 0) is 19.8 Å². The molecule has 0 spiro atoms. The first-order chi connectivity index (χ1) is 4.77. The van der Waals surface area contributed by atoms with Crippen LogP contribution in [-0.2, 0) is 4.74 Å². The summed E-state index contributed by atoms with van der Waals surface area (Å²) in [4.78, 5) is 0. The van der Waals surface area contributed by atoms with Gasteiger partial charge in [-0.3, -0.25) is 0 Å². The van der Waals surface area contributed by atoms with Crippen molar-refractivity contribution in [2.45, 2.75) is 19.8 Å². The summed E-state index contributed by atoms with van der Waals surface area (Å²) < 4.78 is 4.84. The highest BCUT2D eigenvalue weighted by atomic mass is 16.5. The molecule has 0 rings (SSSR count). The predicted molar refractivity (Wildman–Crippen MR) is 45.1 cm³/mol. The van der Waals surface area contributed by atoms with E-state index in [2.05, 4.69) is 12.7 Å². The van der Waals surface area contributed by atoms with E-state index < -0.39 is 0 Å². The van der Waals surface area contributed by atoms with E-state index in [1.165, 1.54) is 5.57 Å². The van der Waals surface area contributed by atoms with E-state index in [1.54, 1.807) is 7.11 Å². The molecule has 0 saturated carbocycles. The number of ether oxygens (including phenoxy) is 1. The fraction of sp³-hybridized carbons (Fsp3) is 0.556. The minimum Gasteiger partial charge on any atom is -0.381 e. The summed E-state index contributed by atoms with van der Waals surface area (Å²) in [5.41, 5.74) is 1.24. The molecule has 0 N–H and O–H groups in total. The van der Waals surface area contributed by atoms with Crippen molar-refractivity contribution < 1.29 is 4.74 Å². The van der Waals surface area contributed by atoms with E-state index in [9.17, 15) is 0 Å². The Morgan fingerprint density at radius 2 is 2.20 bits per heavy atom. The molecule has 0 atom stereocenters. The topological polar surface area (TPSA) is 9.23 Å². The first-order valence-corrected chi connectivity index (χ1v) is 3.55. The molecule has 0 bridgehead atoms. The molecule has 0 aromatic carbocycles. The molecule has 58 valence electrons. The van der Waals surface area contributed by atoms with Crippen LogP contribution in [0.4, 0.5) is 0 Å². The zero-order chi connectivity index (χ0) is 7.82. The van der Waals surface area contributed by atoms with Crippen LogP contribution in [0.2, 0.25) is 0 Å². The number of hydrogen-bond donors (Lipinski definition) is 0. The molecule has 0 unspecified atom stereocenters. The van der Waals surface area contributed by atoms with Gasteiger partial charge in [-0.15, -0.1) is 6.58 Å². The molecule has 0 aliphatic carbocycles. The SMILES string of the molecule is C=C(C)CC/C=C/COC. The second kappa shape index (κ2) is 6.56. The number of allylic oxidation sites excluding steroid dienone is 2. The van der Waals surface area contributed by atoms with Crippen LogP contribution in [0.25, 0.3) is 0 Å². The van der Waals surface area contributed by atoms with Crippen LogP contribution in [0.15, 0.2) is 24.3 Å². The normalized spacial score (nSPS) is 10.6. The van der Waals surface area contributed by atoms with Gasteiger partial charge in [-0.25, -0.2) is 0 Å². The van der Waals surface area contributed by atoms with Crippen molar-refractivity contribution in [3.63, 3.8) is 0 Å². The maximum absolute atomic E-state index is 4.84. The Bertz CT molecular complexity index is 114.